The minimum Gasteiger partial charge on any atom is -0.311 e. The third-order valence-corrected chi connectivity index (χ3v) is 5.90. The van der Waals surface area contributed by atoms with Crippen molar-refractivity contribution in [3.8, 4) is 0 Å². The van der Waals surface area contributed by atoms with Gasteiger partial charge in [-0.15, -0.1) is 11.3 Å². The predicted octanol–water partition coefficient (Wildman–Crippen LogP) is 3.66. The minimum atomic E-state index is 0.615. The van der Waals surface area contributed by atoms with Crippen LogP contribution in [-0.2, 0) is 6.54 Å². The fourth-order valence-electron chi connectivity index (χ4n) is 3.07. The van der Waals surface area contributed by atoms with E-state index in [1.165, 1.54) is 49.3 Å². The van der Waals surface area contributed by atoms with Crippen LogP contribution in [0.4, 0.5) is 0 Å². The summed E-state index contributed by atoms with van der Waals surface area (Å²) < 4.78 is 0. The first-order valence-electron chi connectivity index (χ1n) is 7.65. The van der Waals surface area contributed by atoms with Gasteiger partial charge in [0.1, 0.15) is 0 Å². The Morgan fingerprint density at radius 3 is 2.74 bits per heavy atom. The van der Waals surface area contributed by atoms with E-state index >= 15 is 0 Å². The van der Waals surface area contributed by atoms with Crippen molar-refractivity contribution in [2.24, 2.45) is 5.41 Å². The molecule has 1 aromatic heterocycles. The van der Waals surface area contributed by atoms with Crippen LogP contribution in [-0.4, -0.2) is 31.1 Å². The zero-order valence-electron chi connectivity index (χ0n) is 12.7. The summed E-state index contributed by atoms with van der Waals surface area (Å²) in [7, 11) is 0. The number of hydrogen-bond acceptors (Lipinski definition) is 3. The Labute approximate surface area is 122 Å². The highest BCUT2D eigenvalue weighted by molar-refractivity contribution is 7.10. The minimum absolute atomic E-state index is 0.615. The van der Waals surface area contributed by atoms with Gasteiger partial charge < -0.3 is 10.2 Å². The molecule has 1 aromatic rings. The van der Waals surface area contributed by atoms with E-state index in [1.807, 2.05) is 11.3 Å². The standard InChI is InChI=1S/C16H28N2S/c1-4-16(5-2)7-9-18(13-16)10-8-17-12-15-14(3)6-11-19-15/h6,11,17H,4-5,7-10,12-13H2,1-3H3. The Bertz CT molecular complexity index is 382. The van der Waals surface area contributed by atoms with Crippen molar-refractivity contribution in [2.75, 3.05) is 26.2 Å². The quantitative estimate of drug-likeness (QED) is 0.767. The molecule has 2 nitrogen and oxygen atoms in total. The van der Waals surface area contributed by atoms with Crippen molar-refractivity contribution in [2.45, 2.75) is 46.6 Å². The van der Waals surface area contributed by atoms with E-state index in [9.17, 15) is 0 Å². The summed E-state index contributed by atoms with van der Waals surface area (Å²) in [6.07, 6.45) is 4.06. The zero-order chi connectivity index (χ0) is 13.7. The lowest BCUT2D eigenvalue weighted by atomic mass is 9.82. The first kappa shape index (κ1) is 15.0. The molecule has 0 spiro atoms. The monoisotopic (exact) mass is 280 g/mol. The van der Waals surface area contributed by atoms with Crippen molar-refractivity contribution in [3.05, 3.63) is 21.9 Å². The Morgan fingerprint density at radius 1 is 1.37 bits per heavy atom. The zero-order valence-corrected chi connectivity index (χ0v) is 13.5. The summed E-state index contributed by atoms with van der Waals surface area (Å²) >= 11 is 1.86. The molecule has 0 bridgehead atoms. The number of nitrogens with one attached hydrogen (secondary N) is 1. The van der Waals surface area contributed by atoms with E-state index in [0.29, 0.717) is 5.41 Å². The maximum atomic E-state index is 3.59. The van der Waals surface area contributed by atoms with Crippen LogP contribution in [0.5, 0.6) is 0 Å². The average Bonchev–Trinajstić information content (AvgIpc) is 3.02. The Hall–Kier alpha value is -0.380. The maximum Gasteiger partial charge on any atom is 0.0302 e. The molecule has 19 heavy (non-hydrogen) atoms. The fourth-order valence-corrected chi connectivity index (χ4v) is 3.95. The van der Waals surface area contributed by atoms with Crippen LogP contribution < -0.4 is 5.32 Å². The molecule has 1 aliphatic heterocycles. The number of likely N-dealkylation sites (tertiary alicyclic amines) is 1. The molecule has 0 atom stereocenters. The average molecular weight is 280 g/mol. The van der Waals surface area contributed by atoms with E-state index in [4.69, 9.17) is 0 Å². The molecule has 0 saturated carbocycles. The van der Waals surface area contributed by atoms with Gasteiger partial charge in [0.15, 0.2) is 0 Å². The molecule has 1 fully saturated rings. The van der Waals surface area contributed by atoms with Gasteiger partial charge in [-0.3, -0.25) is 0 Å². The highest BCUT2D eigenvalue weighted by Crippen LogP contribution is 2.36. The maximum absolute atomic E-state index is 3.59. The van der Waals surface area contributed by atoms with E-state index in [-0.39, 0.29) is 0 Å². The van der Waals surface area contributed by atoms with Crippen molar-refractivity contribution in [1.29, 1.82) is 0 Å². The Balaban J connectivity index is 1.66. The highest BCUT2D eigenvalue weighted by Gasteiger charge is 2.34. The SMILES string of the molecule is CCC1(CC)CCN(CCNCc2sccc2C)C1. The molecular formula is C16H28N2S. The van der Waals surface area contributed by atoms with Gasteiger partial charge >= 0.3 is 0 Å². The lowest BCUT2D eigenvalue weighted by molar-refractivity contribution is 0.240. The summed E-state index contributed by atoms with van der Waals surface area (Å²) in [6.45, 7) is 12.8. The van der Waals surface area contributed by atoms with Gasteiger partial charge in [0.25, 0.3) is 0 Å². The van der Waals surface area contributed by atoms with Crippen molar-refractivity contribution >= 4 is 11.3 Å². The smallest absolute Gasteiger partial charge is 0.0302 e. The molecule has 108 valence electrons. The molecule has 0 aliphatic carbocycles. The molecule has 0 radical (unpaired) electrons. The third kappa shape index (κ3) is 3.80. The van der Waals surface area contributed by atoms with Gasteiger partial charge in [0.05, 0.1) is 0 Å². The molecule has 1 aliphatic rings. The van der Waals surface area contributed by atoms with Gasteiger partial charge in [0.2, 0.25) is 0 Å². The molecule has 3 heteroatoms. The van der Waals surface area contributed by atoms with Crippen LogP contribution in [0.3, 0.4) is 0 Å². The van der Waals surface area contributed by atoms with Crippen LogP contribution >= 0.6 is 11.3 Å². The lowest BCUT2D eigenvalue weighted by Gasteiger charge is -2.26. The summed E-state index contributed by atoms with van der Waals surface area (Å²) in [5.41, 5.74) is 2.04. The van der Waals surface area contributed by atoms with Crippen LogP contribution in [0.1, 0.15) is 43.6 Å². The largest absolute Gasteiger partial charge is 0.311 e. The number of hydrogen-bond donors (Lipinski definition) is 1. The van der Waals surface area contributed by atoms with E-state index in [0.717, 1.165) is 13.1 Å². The lowest BCUT2D eigenvalue weighted by Crippen LogP contribution is -2.32. The van der Waals surface area contributed by atoms with E-state index < -0.39 is 0 Å². The highest BCUT2D eigenvalue weighted by atomic mass is 32.1. The van der Waals surface area contributed by atoms with Gasteiger partial charge in [-0.05, 0) is 55.2 Å². The normalized spacial score (nSPS) is 19.1. The number of aryl methyl sites for hydroxylation is 1. The second-order valence-corrected chi connectivity index (χ2v) is 6.94. The molecular weight excluding hydrogens is 252 g/mol. The first-order chi connectivity index (χ1) is 9.19. The second-order valence-electron chi connectivity index (χ2n) is 5.94. The number of rotatable bonds is 7. The van der Waals surface area contributed by atoms with Crippen LogP contribution in [0.15, 0.2) is 11.4 Å². The van der Waals surface area contributed by atoms with Gasteiger partial charge in [-0.25, -0.2) is 0 Å². The molecule has 0 aromatic carbocycles. The van der Waals surface area contributed by atoms with Gasteiger partial charge in [0, 0.05) is 31.1 Å². The summed E-state index contributed by atoms with van der Waals surface area (Å²) in [6, 6.07) is 2.21. The number of nitrogens with zero attached hydrogens (tertiary/aromatic N) is 1. The van der Waals surface area contributed by atoms with E-state index in [2.05, 4.69) is 42.4 Å². The van der Waals surface area contributed by atoms with Crippen molar-refractivity contribution in [3.63, 3.8) is 0 Å². The predicted molar refractivity (Wildman–Crippen MR) is 84.8 cm³/mol. The molecule has 1 N–H and O–H groups in total. The summed E-state index contributed by atoms with van der Waals surface area (Å²) in [4.78, 5) is 4.12. The van der Waals surface area contributed by atoms with Crippen molar-refractivity contribution < 1.29 is 0 Å². The second kappa shape index (κ2) is 6.87. The van der Waals surface area contributed by atoms with Gasteiger partial charge in [-0.2, -0.15) is 0 Å². The third-order valence-electron chi connectivity index (χ3n) is 4.88. The van der Waals surface area contributed by atoms with Crippen LogP contribution in [0.25, 0.3) is 0 Å². The van der Waals surface area contributed by atoms with Gasteiger partial charge in [-0.1, -0.05) is 13.8 Å². The van der Waals surface area contributed by atoms with Crippen LogP contribution in [0.2, 0.25) is 0 Å². The molecule has 0 unspecified atom stereocenters. The van der Waals surface area contributed by atoms with Crippen molar-refractivity contribution in [1.82, 2.24) is 10.2 Å². The number of thiophene rings is 1. The Kier molecular flexibility index (Phi) is 5.43. The Morgan fingerprint density at radius 2 is 2.16 bits per heavy atom. The molecule has 0 amide bonds. The first-order valence-corrected chi connectivity index (χ1v) is 8.53. The van der Waals surface area contributed by atoms with E-state index in [1.54, 1.807) is 0 Å². The topological polar surface area (TPSA) is 15.3 Å². The summed E-state index contributed by atoms with van der Waals surface area (Å²) in [5, 5.41) is 5.77. The molecule has 1 saturated heterocycles. The molecule has 2 heterocycles. The molecule has 2 rings (SSSR count). The summed E-state index contributed by atoms with van der Waals surface area (Å²) in [5.74, 6) is 0. The van der Waals surface area contributed by atoms with Crippen LogP contribution in [0, 0.1) is 12.3 Å². The fraction of sp³-hybridized carbons (Fsp3) is 0.750.